The minimum atomic E-state index is -0.931. The summed E-state index contributed by atoms with van der Waals surface area (Å²) in [5.41, 5.74) is 0.894. The molecule has 0 atom stereocenters. The first-order valence-corrected chi connectivity index (χ1v) is 7.71. The van der Waals surface area contributed by atoms with Gasteiger partial charge in [-0.3, -0.25) is 4.79 Å². The number of carbonyl (C=O) groups is 1. The predicted molar refractivity (Wildman–Crippen MR) is 86.7 cm³/mol. The SMILES string of the molecule is CC(C)c1cc(Sc2cccc(NCC(=O)O)n2)ccc1O. The molecule has 0 aliphatic carbocycles. The number of aliphatic carboxylic acids is 1. The van der Waals surface area contributed by atoms with Crippen molar-refractivity contribution >= 4 is 23.5 Å². The van der Waals surface area contributed by atoms with Gasteiger partial charge in [-0.2, -0.15) is 0 Å². The van der Waals surface area contributed by atoms with Gasteiger partial charge in [-0.25, -0.2) is 4.98 Å². The number of carboxylic acids is 1. The molecule has 1 aromatic heterocycles. The Kier molecular flexibility index (Phi) is 5.27. The summed E-state index contributed by atoms with van der Waals surface area (Å²) in [6.45, 7) is 3.88. The molecule has 3 N–H and O–H groups in total. The molecule has 1 aromatic carbocycles. The number of phenolic OH excluding ortho intramolecular Hbond substituents is 1. The van der Waals surface area contributed by atoms with Crippen LogP contribution in [-0.2, 0) is 4.79 Å². The smallest absolute Gasteiger partial charge is 0.322 e. The topological polar surface area (TPSA) is 82.5 Å². The number of benzene rings is 1. The molecule has 116 valence electrons. The molecule has 22 heavy (non-hydrogen) atoms. The third-order valence-electron chi connectivity index (χ3n) is 2.99. The van der Waals surface area contributed by atoms with E-state index in [0.717, 1.165) is 15.5 Å². The van der Waals surface area contributed by atoms with Crippen molar-refractivity contribution in [3.63, 3.8) is 0 Å². The number of rotatable bonds is 6. The minimum Gasteiger partial charge on any atom is -0.508 e. The first-order valence-electron chi connectivity index (χ1n) is 6.89. The molecule has 0 bridgehead atoms. The normalized spacial score (nSPS) is 10.7. The van der Waals surface area contributed by atoms with Gasteiger partial charge in [0.25, 0.3) is 0 Å². The molecule has 2 rings (SSSR count). The number of phenols is 1. The van der Waals surface area contributed by atoms with Gasteiger partial charge in [-0.05, 0) is 41.8 Å². The summed E-state index contributed by atoms with van der Waals surface area (Å²) >= 11 is 1.47. The van der Waals surface area contributed by atoms with Crippen molar-refractivity contribution in [2.24, 2.45) is 0 Å². The van der Waals surface area contributed by atoms with E-state index in [-0.39, 0.29) is 12.5 Å². The van der Waals surface area contributed by atoms with Crippen LogP contribution in [0, 0.1) is 0 Å². The summed E-state index contributed by atoms with van der Waals surface area (Å²) in [6, 6.07) is 10.9. The number of hydrogen-bond donors (Lipinski definition) is 3. The van der Waals surface area contributed by atoms with Crippen LogP contribution in [0.3, 0.4) is 0 Å². The van der Waals surface area contributed by atoms with Gasteiger partial charge in [0.2, 0.25) is 0 Å². The highest BCUT2D eigenvalue weighted by Crippen LogP contribution is 2.33. The standard InChI is InChI=1S/C16H18N2O3S/c1-10(2)12-8-11(6-7-13(12)19)22-15-5-3-4-14(18-15)17-9-16(20)21/h3-8,10,19H,9H2,1-2H3,(H,17,18)(H,20,21). The molecule has 1 heterocycles. The monoisotopic (exact) mass is 318 g/mol. The van der Waals surface area contributed by atoms with E-state index in [1.165, 1.54) is 11.8 Å². The molecular formula is C16H18N2O3S. The highest BCUT2D eigenvalue weighted by molar-refractivity contribution is 7.99. The maximum Gasteiger partial charge on any atom is 0.322 e. The number of aromatic hydroxyl groups is 1. The van der Waals surface area contributed by atoms with E-state index in [1.807, 2.05) is 38.1 Å². The van der Waals surface area contributed by atoms with E-state index in [9.17, 15) is 9.90 Å². The van der Waals surface area contributed by atoms with E-state index in [4.69, 9.17) is 5.11 Å². The Morgan fingerprint density at radius 2 is 2.09 bits per heavy atom. The van der Waals surface area contributed by atoms with Crippen molar-refractivity contribution in [1.29, 1.82) is 0 Å². The fraction of sp³-hybridized carbons (Fsp3) is 0.250. The van der Waals surface area contributed by atoms with Crippen LogP contribution < -0.4 is 5.32 Å². The van der Waals surface area contributed by atoms with E-state index in [1.54, 1.807) is 12.1 Å². The second-order valence-corrected chi connectivity index (χ2v) is 6.18. The van der Waals surface area contributed by atoms with Crippen LogP contribution in [0.1, 0.15) is 25.3 Å². The lowest BCUT2D eigenvalue weighted by molar-refractivity contribution is -0.134. The van der Waals surface area contributed by atoms with E-state index >= 15 is 0 Å². The maximum atomic E-state index is 10.6. The molecule has 0 aliphatic heterocycles. The van der Waals surface area contributed by atoms with Crippen LogP contribution in [0.25, 0.3) is 0 Å². The van der Waals surface area contributed by atoms with Gasteiger partial charge in [0.15, 0.2) is 0 Å². The average Bonchev–Trinajstić information content (AvgIpc) is 2.47. The van der Waals surface area contributed by atoms with E-state index < -0.39 is 5.97 Å². The molecular weight excluding hydrogens is 300 g/mol. The summed E-state index contributed by atoms with van der Waals surface area (Å²) in [4.78, 5) is 15.9. The Hall–Kier alpha value is -2.21. The summed E-state index contributed by atoms with van der Waals surface area (Å²) in [5, 5.41) is 22.0. The summed E-state index contributed by atoms with van der Waals surface area (Å²) in [5.74, 6) is 0.122. The predicted octanol–water partition coefficient (Wildman–Crippen LogP) is 3.56. The number of pyridine rings is 1. The van der Waals surface area contributed by atoms with Crippen molar-refractivity contribution in [1.82, 2.24) is 4.98 Å². The highest BCUT2D eigenvalue weighted by atomic mass is 32.2. The Labute approximate surface area is 133 Å². The second-order valence-electron chi connectivity index (χ2n) is 5.09. The summed E-state index contributed by atoms with van der Waals surface area (Å²) < 4.78 is 0. The molecule has 0 saturated heterocycles. The zero-order chi connectivity index (χ0) is 16.1. The minimum absolute atomic E-state index is 0.169. The van der Waals surface area contributed by atoms with Gasteiger partial charge >= 0.3 is 5.97 Å². The largest absolute Gasteiger partial charge is 0.508 e. The van der Waals surface area contributed by atoms with Crippen LogP contribution in [0.2, 0.25) is 0 Å². The van der Waals surface area contributed by atoms with Crippen LogP contribution in [0.15, 0.2) is 46.3 Å². The number of hydrogen-bond acceptors (Lipinski definition) is 5. The van der Waals surface area contributed by atoms with Gasteiger partial charge in [-0.1, -0.05) is 31.7 Å². The van der Waals surface area contributed by atoms with E-state index in [0.29, 0.717) is 11.6 Å². The first kappa shape index (κ1) is 16.2. The highest BCUT2D eigenvalue weighted by Gasteiger charge is 2.08. The molecule has 2 aromatic rings. The van der Waals surface area contributed by atoms with E-state index in [2.05, 4.69) is 10.3 Å². The van der Waals surface area contributed by atoms with Crippen LogP contribution in [-0.4, -0.2) is 27.7 Å². The summed E-state index contributed by atoms with van der Waals surface area (Å²) in [6.07, 6.45) is 0. The molecule has 6 heteroatoms. The third kappa shape index (κ3) is 4.39. The van der Waals surface area contributed by atoms with Crippen LogP contribution in [0.5, 0.6) is 5.75 Å². The maximum absolute atomic E-state index is 10.6. The second kappa shape index (κ2) is 7.17. The third-order valence-corrected chi connectivity index (χ3v) is 3.91. The van der Waals surface area contributed by atoms with Crippen molar-refractivity contribution in [2.45, 2.75) is 29.7 Å². The van der Waals surface area contributed by atoms with Gasteiger partial charge in [0.05, 0.1) is 0 Å². The Balaban J connectivity index is 2.15. The lowest BCUT2D eigenvalue weighted by Crippen LogP contribution is -2.13. The molecule has 0 fully saturated rings. The van der Waals surface area contributed by atoms with Crippen molar-refractivity contribution in [3.8, 4) is 5.75 Å². The zero-order valence-corrected chi connectivity index (χ0v) is 13.2. The number of nitrogens with one attached hydrogen (secondary N) is 1. The quantitative estimate of drug-likeness (QED) is 0.755. The number of aromatic nitrogens is 1. The summed E-state index contributed by atoms with van der Waals surface area (Å²) in [7, 11) is 0. The van der Waals surface area contributed by atoms with Crippen molar-refractivity contribution < 1.29 is 15.0 Å². The number of nitrogens with zero attached hydrogens (tertiary/aromatic N) is 1. The van der Waals surface area contributed by atoms with Crippen LogP contribution in [0.4, 0.5) is 5.82 Å². The zero-order valence-electron chi connectivity index (χ0n) is 12.4. The van der Waals surface area contributed by atoms with Crippen molar-refractivity contribution in [3.05, 3.63) is 42.0 Å². The molecule has 0 saturated carbocycles. The average molecular weight is 318 g/mol. The number of anilines is 1. The van der Waals surface area contributed by atoms with Gasteiger partial charge in [-0.15, -0.1) is 0 Å². The van der Waals surface area contributed by atoms with Crippen molar-refractivity contribution in [2.75, 3.05) is 11.9 Å². The molecule has 0 aliphatic rings. The molecule has 0 amide bonds. The lowest BCUT2D eigenvalue weighted by Gasteiger charge is -2.10. The Bertz CT molecular complexity index is 674. The Morgan fingerprint density at radius 3 is 2.77 bits per heavy atom. The van der Waals surface area contributed by atoms with Gasteiger partial charge in [0, 0.05) is 4.90 Å². The Morgan fingerprint density at radius 1 is 1.32 bits per heavy atom. The fourth-order valence-electron chi connectivity index (χ4n) is 1.92. The molecule has 5 nitrogen and oxygen atoms in total. The first-order chi connectivity index (χ1) is 10.5. The molecule has 0 spiro atoms. The molecule has 0 radical (unpaired) electrons. The number of carboxylic acid groups (broad SMARTS) is 1. The fourth-order valence-corrected chi connectivity index (χ4v) is 2.77. The molecule has 0 unspecified atom stereocenters. The van der Waals surface area contributed by atoms with Gasteiger partial charge < -0.3 is 15.5 Å². The lowest BCUT2D eigenvalue weighted by atomic mass is 10.0. The van der Waals surface area contributed by atoms with Crippen LogP contribution >= 0.6 is 11.8 Å². The van der Waals surface area contributed by atoms with Gasteiger partial charge in [0.1, 0.15) is 23.1 Å².